The summed E-state index contributed by atoms with van der Waals surface area (Å²) in [5, 5.41) is 11.6. The third-order valence-corrected chi connectivity index (χ3v) is 4.46. The van der Waals surface area contributed by atoms with Gasteiger partial charge in [0, 0.05) is 13.0 Å². The van der Waals surface area contributed by atoms with E-state index in [4.69, 9.17) is 4.52 Å². The Bertz CT molecular complexity index is 976. The molecule has 0 aliphatic heterocycles. The lowest BCUT2D eigenvalue weighted by atomic mass is 10.0. The smallest absolute Gasteiger partial charge is 0.296 e. The number of aryl methyl sites for hydroxylation is 3. The molecule has 0 saturated carbocycles. The Morgan fingerprint density at radius 1 is 1.27 bits per heavy atom. The summed E-state index contributed by atoms with van der Waals surface area (Å²) in [6, 6.07) is 10.0. The molecule has 3 aromatic rings. The van der Waals surface area contributed by atoms with E-state index in [0.29, 0.717) is 23.4 Å². The molecule has 136 valence electrons. The molecule has 0 bridgehead atoms. The molecule has 26 heavy (non-hydrogen) atoms. The van der Waals surface area contributed by atoms with Crippen molar-refractivity contribution in [2.24, 2.45) is 0 Å². The zero-order chi connectivity index (χ0) is 18.7. The zero-order valence-electron chi connectivity index (χ0n) is 15.2. The minimum Gasteiger partial charge on any atom is -0.360 e. The molecule has 0 aliphatic carbocycles. The van der Waals surface area contributed by atoms with Crippen molar-refractivity contribution in [1.29, 1.82) is 0 Å². The lowest BCUT2D eigenvalue weighted by molar-refractivity contribution is -0.121. The van der Waals surface area contributed by atoms with Crippen LogP contribution in [0.5, 0.6) is 0 Å². The van der Waals surface area contributed by atoms with Crippen molar-refractivity contribution < 1.29 is 9.32 Å². The number of aromatic nitrogens is 3. The SMILES string of the molecule is Cc1nn(CCC(=O)NC[C@H](C)c2ccccc2)c(=O)c2noc(C)c12. The summed E-state index contributed by atoms with van der Waals surface area (Å²) < 4.78 is 6.36. The number of benzene rings is 1. The van der Waals surface area contributed by atoms with Crippen molar-refractivity contribution in [1.82, 2.24) is 20.3 Å². The second-order valence-electron chi connectivity index (χ2n) is 6.44. The van der Waals surface area contributed by atoms with E-state index in [9.17, 15) is 9.59 Å². The average Bonchev–Trinajstić information content (AvgIpc) is 3.04. The quantitative estimate of drug-likeness (QED) is 0.734. The molecule has 1 N–H and O–H groups in total. The predicted octanol–water partition coefficient (Wildman–Crippen LogP) is 2.31. The summed E-state index contributed by atoms with van der Waals surface area (Å²) in [6.07, 6.45) is 0.177. The maximum atomic E-state index is 12.4. The molecular formula is C19H22N4O3. The van der Waals surface area contributed by atoms with Crippen LogP contribution in [0.25, 0.3) is 10.9 Å². The summed E-state index contributed by atoms with van der Waals surface area (Å²) >= 11 is 0. The minimum absolute atomic E-state index is 0.115. The number of nitrogens with zero attached hydrogens (tertiary/aromatic N) is 3. The van der Waals surface area contributed by atoms with Crippen LogP contribution in [0.2, 0.25) is 0 Å². The summed E-state index contributed by atoms with van der Waals surface area (Å²) in [5.41, 5.74) is 1.76. The fourth-order valence-electron chi connectivity index (χ4n) is 2.96. The molecule has 1 aromatic carbocycles. The molecule has 0 aliphatic rings. The first-order valence-electron chi connectivity index (χ1n) is 8.62. The number of nitrogens with one attached hydrogen (secondary N) is 1. The maximum Gasteiger partial charge on any atom is 0.296 e. The number of hydrogen-bond donors (Lipinski definition) is 1. The highest BCUT2D eigenvalue weighted by atomic mass is 16.5. The van der Waals surface area contributed by atoms with Gasteiger partial charge in [0.05, 0.1) is 17.6 Å². The third kappa shape index (κ3) is 3.66. The van der Waals surface area contributed by atoms with Crippen LogP contribution in [0.4, 0.5) is 0 Å². The van der Waals surface area contributed by atoms with Gasteiger partial charge in [0.25, 0.3) is 5.56 Å². The van der Waals surface area contributed by atoms with Crippen molar-refractivity contribution in [3.05, 3.63) is 57.7 Å². The van der Waals surface area contributed by atoms with Crippen LogP contribution in [0.3, 0.4) is 0 Å². The largest absolute Gasteiger partial charge is 0.360 e. The van der Waals surface area contributed by atoms with E-state index in [2.05, 4.69) is 22.5 Å². The Morgan fingerprint density at radius 3 is 2.73 bits per heavy atom. The maximum absolute atomic E-state index is 12.4. The first-order chi connectivity index (χ1) is 12.5. The number of amides is 1. The fraction of sp³-hybridized carbons (Fsp3) is 0.368. The molecule has 0 unspecified atom stereocenters. The molecule has 1 amide bonds. The van der Waals surface area contributed by atoms with E-state index >= 15 is 0 Å². The Balaban J connectivity index is 1.60. The Labute approximate surface area is 151 Å². The highest BCUT2D eigenvalue weighted by Gasteiger charge is 2.15. The molecule has 1 atom stereocenters. The van der Waals surface area contributed by atoms with Crippen molar-refractivity contribution in [3.63, 3.8) is 0 Å². The van der Waals surface area contributed by atoms with Crippen molar-refractivity contribution in [2.45, 2.75) is 39.7 Å². The van der Waals surface area contributed by atoms with Crippen LogP contribution in [0.15, 0.2) is 39.6 Å². The van der Waals surface area contributed by atoms with Gasteiger partial charge in [-0.3, -0.25) is 9.59 Å². The lowest BCUT2D eigenvalue weighted by Crippen LogP contribution is -2.31. The Morgan fingerprint density at radius 2 is 2.00 bits per heavy atom. The van der Waals surface area contributed by atoms with Crippen LogP contribution < -0.4 is 10.9 Å². The van der Waals surface area contributed by atoms with Gasteiger partial charge >= 0.3 is 0 Å². The number of carbonyl (C=O) groups excluding carboxylic acids is 1. The average molecular weight is 354 g/mol. The molecule has 3 rings (SSSR count). The Hall–Kier alpha value is -2.96. The minimum atomic E-state index is -0.340. The summed E-state index contributed by atoms with van der Waals surface area (Å²) in [6.45, 7) is 6.35. The van der Waals surface area contributed by atoms with Gasteiger partial charge in [0.2, 0.25) is 5.91 Å². The first-order valence-corrected chi connectivity index (χ1v) is 8.62. The molecule has 0 fully saturated rings. The number of hydrogen-bond acceptors (Lipinski definition) is 5. The van der Waals surface area contributed by atoms with Gasteiger partial charge in [-0.25, -0.2) is 4.68 Å². The molecule has 2 heterocycles. The van der Waals surface area contributed by atoms with E-state index in [0.717, 1.165) is 0 Å². The highest BCUT2D eigenvalue weighted by Crippen LogP contribution is 2.16. The first kappa shape index (κ1) is 17.8. The van der Waals surface area contributed by atoms with E-state index in [1.54, 1.807) is 13.8 Å². The zero-order valence-corrected chi connectivity index (χ0v) is 15.2. The van der Waals surface area contributed by atoms with Gasteiger partial charge in [0.1, 0.15) is 5.76 Å². The van der Waals surface area contributed by atoms with Crippen molar-refractivity contribution in [3.8, 4) is 0 Å². The second kappa shape index (κ2) is 7.51. The lowest BCUT2D eigenvalue weighted by Gasteiger charge is -2.13. The van der Waals surface area contributed by atoms with Crippen LogP contribution in [0, 0.1) is 13.8 Å². The number of rotatable bonds is 6. The molecule has 7 nitrogen and oxygen atoms in total. The molecule has 0 spiro atoms. The van der Waals surface area contributed by atoms with Gasteiger partial charge in [-0.05, 0) is 25.3 Å². The predicted molar refractivity (Wildman–Crippen MR) is 98.0 cm³/mol. The topological polar surface area (TPSA) is 90.0 Å². The van der Waals surface area contributed by atoms with Crippen LogP contribution in [0.1, 0.15) is 36.3 Å². The van der Waals surface area contributed by atoms with Crippen LogP contribution in [-0.4, -0.2) is 27.4 Å². The van der Waals surface area contributed by atoms with Crippen LogP contribution >= 0.6 is 0 Å². The summed E-state index contributed by atoms with van der Waals surface area (Å²) in [4.78, 5) is 24.5. The molecule has 2 aromatic heterocycles. The van der Waals surface area contributed by atoms with Gasteiger partial charge in [0.15, 0.2) is 5.52 Å². The van der Waals surface area contributed by atoms with Gasteiger partial charge in [-0.2, -0.15) is 5.10 Å². The normalized spacial score (nSPS) is 12.3. The fourth-order valence-corrected chi connectivity index (χ4v) is 2.96. The van der Waals surface area contributed by atoms with E-state index < -0.39 is 0 Å². The second-order valence-corrected chi connectivity index (χ2v) is 6.44. The van der Waals surface area contributed by atoms with Gasteiger partial charge in [-0.1, -0.05) is 42.4 Å². The number of carbonyl (C=O) groups is 1. The van der Waals surface area contributed by atoms with Crippen molar-refractivity contribution in [2.75, 3.05) is 6.54 Å². The third-order valence-electron chi connectivity index (χ3n) is 4.46. The summed E-state index contributed by atoms with van der Waals surface area (Å²) in [7, 11) is 0. The van der Waals surface area contributed by atoms with E-state index in [1.165, 1.54) is 10.2 Å². The molecular weight excluding hydrogens is 332 g/mol. The highest BCUT2D eigenvalue weighted by molar-refractivity contribution is 5.81. The van der Waals surface area contributed by atoms with Crippen LogP contribution in [-0.2, 0) is 11.3 Å². The van der Waals surface area contributed by atoms with E-state index in [-0.39, 0.29) is 35.9 Å². The number of fused-ring (bicyclic) bond motifs is 1. The van der Waals surface area contributed by atoms with E-state index in [1.807, 2.05) is 30.3 Å². The molecule has 7 heteroatoms. The van der Waals surface area contributed by atoms with Gasteiger partial charge in [-0.15, -0.1) is 0 Å². The standard InChI is InChI=1S/C19H22N4O3/c1-12(15-7-5-4-6-8-15)11-20-16(24)9-10-23-19(25)18-17(13(2)21-23)14(3)26-22-18/h4-8,12H,9-11H2,1-3H3,(H,20,24)/t12-/m0/s1. The monoisotopic (exact) mass is 354 g/mol. The Kier molecular flexibility index (Phi) is 5.16. The van der Waals surface area contributed by atoms with Crippen molar-refractivity contribution >= 4 is 16.8 Å². The summed E-state index contributed by atoms with van der Waals surface area (Å²) in [5.74, 6) is 0.676. The molecule has 0 saturated heterocycles. The van der Waals surface area contributed by atoms with Gasteiger partial charge < -0.3 is 9.84 Å². The molecule has 0 radical (unpaired) electrons.